The van der Waals surface area contributed by atoms with E-state index in [1.807, 2.05) is 19.0 Å². The minimum Gasteiger partial charge on any atom is -0.394 e. The lowest BCUT2D eigenvalue weighted by Gasteiger charge is -2.20. The Morgan fingerprint density at radius 3 is 2.91 bits per heavy atom. The van der Waals surface area contributed by atoms with E-state index in [1.54, 1.807) is 10.9 Å². The number of nitrogens with zero attached hydrogens (tertiary/aromatic N) is 5. The highest BCUT2D eigenvalue weighted by atomic mass is 16.3. The number of fused-ring (bicyclic) bond motifs is 1. The van der Waals surface area contributed by atoms with Gasteiger partial charge in [-0.25, -0.2) is 15.0 Å². The minimum absolute atomic E-state index is 0.0956. The molecule has 22 heavy (non-hydrogen) atoms. The van der Waals surface area contributed by atoms with Gasteiger partial charge >= 0.3 is 0 Å². The Hall–Kier alpha value is -2.26. The van der Waals surface area contributed by atoms with E-state index < -0.39 is 0 Å². The first-order chi connectivity index (χ1) is 10.5. The Labute approximate surface area is 128 Å². The molecule has 0 spiro atoms. The highest BCUT2D eigenvalue weighted by Gasteiger charge is 2.13. The van der Waals surface area contributed by atoms with Gasteiger partial charge in [0.05, 0.1) is 19.0 Å². The molecular weight excluding hydrogens is 286 g/mol. The summed E-state index contributed by atoms with van der Waals surface area (Å²) in [5, 5.41) is 12.1. The van der Waals surface area contributed by atoms with E-state index in [4.69, 9.17) is 5.73 Å². The van der Waals surface area contributed by atoms with Crippen molar-refractivity contribution in [3.05, 3.63) is 12.7 Å². The molecule has 0 fully saturated rings. The summed E-state index contributed by atoms with van der Waals surface area (Å²) in [4.78, 5) is 26.0. The third-order valence-corrected chi connectivity index (χ3v) is 3.18. The van der Waals surface area contributed by atoms with Gasteiger partial charge in [0.25, 0.3) is 0 Å². The van der Waals surface area contributed by atoms with Gasteiger partial charge in [0, 0.05) is 19.5 Å². The maximum absolute atomic E-state index is 12.0. The lowest BCUT2D eigenvalue weighted by molar-refractivity contribution is -0.122. The van der Waals surface area contributed by atoms with Crippen molar-refractivity contribution in [3.8, 4) is 0 Å². The average Bonchev–Trinajstić information content (AvgIpc) is 2.88. The van der Waals surface area contributed by atoms with Crippen molar-refractivity contribution >= 4 is 22.9 Å². The predicted octanol–water partition coefficient (Wildman–Crippen LogP) is -1.16. The molecule has 0 aliphatic heterocycles. The lowest BCUT2D eigenvalue weighted by Crippen LogP contribution is -2.44. The number of nitrogens with two attached hydrogens (primary N) is 1. The molecule has 2 aromatic heterocycles. The first-order valence-corrected chi connectivity index (χ1v) is 6.97. The van der Waals surface area contributed by atoms with E-state index in [0.717, 1.165) is 0 Å². The molecule has 0 saturated heterocycles. The van der Waals surface area contributed by atoms with E-state index in [1.165, 1.54) is 6.33 Å². The second-order valence-electron chi connectivity index (χ2n) is 5.33. The van der Waals surface area contributed by atoms with Gasteiger partial charge in [-0.1, -0.05) is 0 Å². The molecule has 2 aromatic rings. The lowest BCUT2D eigenvalue weighted by atomic mass is 10.2. The molecule has 120 valence electrons. The number of hydrogen-bond acceptors (Lipinski definition) is 7. The van der Waals surface area contributed by atoms with Crippen LogP contribution >= 0.6 is 0 Å². The van der Waals surface area contributed by atoms with Crippen LogP contribution in [0.25, 0.3) is 11.2 Å². The Kier molecular flexibility index (Phi) is 5.23. The summed E-state index contributed by atoms with van der Waals surface area (Å²) in [5.41, 5.74) is 6.85. The Balaban J connectivity index is 1.94. The summed E-state index contributed by atoms with van der Waals surface area (Å²) in [6.45, 7) is 0.917. The summed E-state index contributed by atoms with van der Waals surface area (Å²) in [6.07, 6.45) is 3.22. The van der Waals surface area contributed by atoms with Crippen molar-refractivity contribution in [2.24, 2.45) is 0 Å². The van der Waals surface area contributed by atoms with Crippen LogP contribution in [0.3, 0.4) is 0 Å². The molecule has 4 N–H and O–H groups in total. The molecule has 1 atom stereocenters. The molecule has 9 heteroatoms. The summed E-state index contributed by atoms with van der Waals surface area (Å²) >= 11 is 0. The van der Waals surface area contributed by atoms with Crippen molar-refractivity contribution < 1.29 is 9.90 Å². The van der Waals surface area contributed by atoms with Crippen LogP contribution in [-0.4, -0.2) is 68.7 Å². The number of hydrogen-bond donors (Lipinski definition) is 3. The summed E-state index contributed by atoms with van der Waals surface area (Å²) < 4.78 is 1.76. The number of nitrogen functional groups attached to an aromatic ring is 1. The van der Waals surface area contributed by atoms with Crippen LogP contribution in [0.4, 0.5) is 5.82 Å². The van der Waals surface area contributed by atoms with Gasteiger partial charge in [-0.2, -0.15) is 0 Å². The number of rotatable bonds is 7. The van der Waals surface area contributed by atoms with Gasteiger partial charge in [-0.05, 0) is 14.1 Å². The number of anilines is 1. The third kappa shape index (κ3) is 3.89. The monoisotopic (exact) mass is 307 g/mol. The van der Waals surface area contributed by atoms with Crippen LogP contribution in [0.1, 0.15) is 6.42 Å². The molecular formula is C13H21N7O2. The van der Waals surface area contributed by atoms with Crippen LogP contribution in [-0.2, 0) is 11.3 Å². The first-order valence-electron chi connectivity index (χ1n) is 6.97. The van der Waals surface area contributed by atoms with Crippen molar-refractivity contribution in [1.82, 2.24) is 29.7 Å². The zero-order valence-electron chi connectivity index (χ0n) is 12.7. The maximum Gasteiger partial charge on any atom is 0.222 e. The highest BCUT2D eigenvalue weighted by molar-refractivity contribution is 5.81. The number of carbonyl (C=O) groups is 1. The average molecular weight is 307 g/mol. The molecule has 2 heterocycles. The van der Waals surface area contributed by atoms with E-state index in [0.29, 0.717) is 30.1 Å². The Bertz CT molecular complexity index is 640. The summed E-state index contributed by atoms with van der Waals surface area (Å²) in [7, 11) is 3.77. The molecule has 0 bridgehead atoms. The molecule has 0 aliphatic rings. The van der Waals surface area contributed by atoms with Crippen LogP contribution in [0, 0.1) is 0 Å². The number of imidazole rings is 1. The van der Waals surface area contributed by atoms with Gasteiger partial charge in [0.2, 0.25) is 5.91 Å². The van der Waals surface area contributed by atoms with E-state index in [9.17, 15) is 9.90 Å². The standard InChI is InChI=1S/C13H21N7O2/c1-19(2)5-9(6-21)18-10(22)3-4-20-8-17-11-12(14)15-7-16-13(11)20/h7-9,21H,3-6H2,1-2H3,(H,18,22)(H2,14,15,16). The topological polar surface area (TPSA) is 122 Å². The quantitative estimate of drug-likeness (QED) is 0.589. The number of amides is 1. The van der Waals surface area contributed by atoms with Gasteiger partial charge in [0.1, 0.15) is 11.8 Å². The Morgan fingerprint density at radius 1 is 1.45 bits per heavy atom. The van der Waals surface area contributed by atoms with E-state index in [-0.39, 0.29) is 25.0 Å². The highest BCUT2D eigenvalue weighted by Crippen LogP contribution is 2.14. The van der Waals surface area contributed by atoms with Crippen molar-refractivity contribution in [2.75, 3.05) is 33.0 Å². The predicted molar refractivity (Wildman–Crippen MR) is 81.9 cm³/mol. The van der Waals surface area contributed by atoms with Crippen LogP contribution in [0.5, 0.6) is 0 Å². The van der Waals surface area contributed by atoms with Gasteiger partial charge in [-0.15, -0.1) is 0 Å². The van der Waals surface area contributed by atoms with Crippen molar-refractivity contribution in [1.29, 1.82) is 0 Å². The molecule has 0 saturated carbocycles. The fraction of sp³-hybridized carbons (Fsp3) is 0.538. The number of likely N-dealkylation sites (N-methyl/N-ethyl adjacent to an activating group) is 1. The fourth-order valence-corrected chi connectivity index (χ4v) is 2.17. The van der Waals surface area contributed by atoms with Gasteiger partial charge in [-0.3, -0.25) is 4.79 Å². The minimum atomic E-state index is -0.278. The number of carbonyl (C=O) groups excluding carboxylic acids is 1. The second-order valence-corrected chi connectivity index (χ2v) is 5.33. The largest absolute Gasteiger partial charge is 0.394 e. The number of aliphatic hydroxyl groups is 1. The number of nitrogens with one attached hydrogen (secondary N) is 1. The maximum atomic E-state index is 12.0. The van der Waals surface area contributed by atoms with Crippen LogP contribution in [0.15, 0.2) is 12.7 Å². The number of aromatic nitrogens is 4. The Morgan fingerprint density at radius 2 is 2.23 bits per heavy atom. The molecule has 1 amide bonds. The second kappa shape index (κ2) is 7.14. The fourth-order valence-electron chi connectivity index (χ4n) is 2.17. The SMILES string of the molecule is CN(C)CC(CO)NC(=O)CCn1cnc2c(N)ncnc21. The molecule has 0 aromatic carbocycles. The molecule has 9 nitrogen and oxygen atoms in total. The number of aliphatic hydroxyl groups excluding tert-OH is 1. The smallest absolute Gasteiger partial charge is 0.222 e. The van der Waals surface area contributed by atoms with Crippen molar-refractivity contribution in [2.45, 2.75) is 19.0 Å². The molecule has 0 aliphatic carbocycles. The molecule has 2 rings (SSSR count). The third-order valence-electron chi connectivity index (χ3n) is 3.18. The van der Waals surface area contributed by atoms with Crippen molar-refractivity contribution in [3.63, 3.8) is 0 Å². The zero-order chi connectivity index (χ0) is 16.1. The van der Waals surface area contributed by atoms with E-state index in [2.05, 4.69) is 20.3 Å². The van der Waals surface area contributed by atoms with Gasteiger partial charge < -0.3 is 25.6 Å². The van der Waals surface area contributed by atoms with Gasteiger partial charge in [0.15, 0.2) is 11.5 Å². The molecule has 1 unspecified atom stereocenters. The number of aryl methyl sites for hydroxylation is 1. The summed E-state index contributed by atoms with van der Waals surface area (Å²) in [6, 6.07) is -0.278. The molecule has 0 radical (unpaired) electrons. The normalized spacial score (nSPS) is 12.7. The summed E-state index contributed by atoms with van der Waals surface area (Å²) in [5.74, 6) is 0.185. The van der Waals surface area contributed by atoms with Crippen LogP contribution in [0.2, 0.25) is 0 Å². The van der Waals surface area contributed by atoms with E-state index >= 15 is 0 Å². The van der Waals surface area contributed by atoms with Crippen LogP contribution < -0.4 is 11.1 Å². The zero-order valence-corrected chi connectivity index (χ0v) is 12.7. The first kappa shape index (κ1) is 16.1.